The Bertz CT molecular complexity index is 116. The summed E-state index contributed by atoms with van der Waals surface area (Å²) in [6.45, 7) is -0.0374. The van der Waals surface area contributed by atoms with Gasteiger partial charge in [-0.25, -0.2) is 4.79 Å². The lowest BCUT2D eigenvalue weighted by Gasteiger charge is -2.08. The largest absolute Gasteiger partial charge is 0.479 e. The first-order valence-electron chi connectivity index (χ1n) is 2.87. The zero-order chi connectivity index (χ0) is 8.15. The molecule has 0 saturated carbocycles. The minimum Gasteiger partial charge on any atom is -0.479 e. The fraction of sp³-hybridized carbons (Fsp3) is 0.800. The molecule has 10 heavy (non-hydrogen) atoms. The van der Waals surface area contributed by atoms with Crippen LogP contribution in [0.15, 0.2) is 0 Å². The van der Waals surface area contributed by atoms with Crippen LogP contribution in [0.1, 0.15) is 6.42 Å². The summed E-state index contributed by atoms with van der Waals surface area (Å²) in [5.74, 6) is -1.34. The number of aliphatic hydroxyl groups is 2. The SMILES string of the molecule is NC[C@H](O)C[C@H](O)C(=O)O. The van der Waals surface area contributed by atoms with E-state index in [1.807, 2.05) is 0 Å². The zero-order valence-corrected chi connectivity index (χ0v) is 5.40. The molecule has 5 heteroatoms. The highest BCUT2D eigenvalue weighted by Gasteiger charge is 2.16. The number of aliphatic carboxylic acids is 1. The van der Waals surface area contributed by atoms with Crippen molar-refractivity contribution in [3.63, 3.8) is 0 Å². The van der Waals surface area contributed by atoms with Crippen LogP contribution < -0.4 is 5.73 Å². The predicted molar refractivity (Wildman–Crippen MR) is 33.3 cm³/mol. The van der Waals surface area contributed by atoms with E-state index in [0.29, 0.717) is 0 Å². The van der Waals surface area contributed by atoms with Crippen molar-refractivity contribution < 1.29 is 20.1 Å². The molecule has 2 atom stereocenters. The number of carboxylic acids is 1. The van der Waals surface area contributed by atoms with Crippen molar-refractivity contribution in [1.29, 1.82) is 0 Å². The fourth-order valence-corrected chi connectivity index (χ4v) is 0.455. The van der Waals surface area contributed by atoms with Crippen LogP contribution >= 0.6 is 0 Å². The minimum absolute atomic E-state index is 0.0374. The number of carbonyl (C=O) groups is 1. The molecule has 0 aliphatic heterocycles. The maximum atomic E-state index is 9.95. The van der Waals surface area contributed by atoms with Crippen molar-refractivity contribution in [1.82, 2.24) is 0 Å². The summed E-state index contributed by atoms with van der Waals surface area (Å²) in [7, 11) is 0. The normalized spacial score (nSPS) is 16.3. The average Bonchev–Trinajstić information content (AvgIpc) is 1.87. The standard InChI is InChI=1S/C5H11NO4/c6-2-3(7)1-4(8)5(9)10/h3-4,7-8H,1-2,6H2,(H,9,10)/t3-,4+/m1/s1. The molecule has 60 valence electrons. The third-order valence-corrected chi connectivity index (χ3v) is 1.05. The molecule has 0 amide bonds. The summed E-state index contributed by atoms with van der Waals surface area (Å²) in [5, 5.41) is 25.5. The van der Waals surface area contributed by atoms with Crippen LogP contribution in [0.5, 0.6) is 0 Å². The molecule has 5 N–H and O–H groups in total. The zero-order valence-electron chi connectivity index (χ0n) is 5.40. The van der Waals surface area contributed by atoms with E-state index >= 15 is 0 Å². The van der Waals surface area contributed by atoms with E-state index in [2.05, 4.69) is 0 Å². The molecule has 0 radical (unpaired) electrons. The highest BCUT2D eigenvalue weighted by Crippen LogP contribution is 1.95. The molecule has 0 fully saturated rings. The van der Waals surface area contributed by atoms with Crippen LogP contribution in [0.4, 0.5) is 0 Å². The number of hydrogen-bond donors (Lipinski definition) is 4. The molecule has 0 aromatic heterocycles. The molecular weight excluding hydrogens is 138 g/mol. The molecule has 5 nitrogen and oxygen atoms in total. The van der Waals surface area contributed by atoms with Crippen molar-refractivity contribution >= 4 is 5.97 Å². The summed E-state index contributed by atoms with van der Waals surface area (Å²) in [5.41, 5.74) is 4.97. The van der Waals surface area contributed by atoms with E-state index in [9.17, 15) is 4.79 Å². The number of carboxylic acid groups (broad SMARTS) is 1. The number of rotatable bonds is 4. The molecule has 0 heterocycles. The van der Waals surface area contributed by atoms with Crippen LogP contribution in [0.2, 0.25) is 0 Å². The van der Waals surface area contributed by atoms with Crippen LogP contribution in [0, 0.1) is 0 Å². The van der Waals surface area contributed by atoms with Gasteiger partial charge in [-0.15, -0.1) is 0 Å². The Hall–Kier alpha value is -0.650. The summed E-state index contributed by atoms with van der Waals surface area (Å²) in [6.07, 6.45) is -2.67. The van der Waals surface area contributed by atoms with Crippen molar-refractivity contribution in [2.24, 2.45) is 5.73 Å². The number of nitrogens with two attached hydrogens (primary N) is 1. The Morgan fingerprint density at radius 2 is 2.00 bits per heavy atom. The fourth-order valence-electron chi connectivity index (χ4n) is 0.455. The lowest BCUT2D eigenvalue weighted by atomic mass is 10.1. The second-order valence-corrected chi connectivity index (χ2v) is 1.98. The molecule has 0 aromatic carbocycles. The Kier molecular flexibility index (Phi) is 3.94. The first-order valence-corrected chi connectivity index (χ1v) is 2.87. The molecule has 0 unspecified atom stereocenters. The number of hydrogen-bond acceptors (Lipinski definition) is 4. The molecule has 0 aliphatic rings. The van der Waals surface area contributed by atoms with Crippen LogP contribution in [-0.4, -0.2) is 40.0 Å². The molecule has 0 aromatic rings. The maximum absolute atomic E-state index is 9.95. The van der Waals surface area contributed by atoms with Gasteiger partial charge in [-0.1, -0.05) is 0 Å². The van der Waals surface area contributed by atoms with Gasteiger partial charge in [-0.2, -0.15) is 0 Å². The van der Waals surface area contributed by atoms with Crippen molar-refractivity contribution in [3.05, 3.63) is 0 Å². The molecule has 0 aliphatic carbocycles. The van der Waals surface area contributed by atoms with Gasteiger partial charge in [0, 0.05) is 13.0 Å². The third kappa shape index (κ3) is 3.39. The van der Waals surface area contributed by atoms with E-state index in [-0.39, 0.29) is 13.0 Å². The van der Waals surface area contributed by atoms with E-state index in [4.69, 9.17) is 21.1 Å². The van der Waals surface area contributed by atoms with Gasteiger partial charge in [-0.05, 0) is 0 Å². The molecule has 0 bridgehead atoms. The van der Waals surface area contributed by atoms with Gasteiger partial charge in [0.15, 0.2) is 6.10 Å². The van der Waals surface area contributed by atoms with Crippen LogP contribution in [0.25, 0.3) is 0 Å². The Morgan fingerprint density at radius 3 is 2.30 bits per heavy atom. The highest BCUT2D eigenvalue weighted by atomic mass is 16.4. The van der Waals surface area contributed by atoms with Gasteiger partial charge >= 0.3 is 5.97 Å². The van der Waals surface area contributed by atoms with Gasteiger partial charge in [0.2, 0.25) is 0 Å². The van der Waals surface area contributed by atoms with Gasteiger partial charge in [0.05, 0.1) is 6.10 Å². The summed E-state index contributed by atoms with van der Waals surface area (Å²) < 4.78 is 0. The van der Waals surface area contributed by atoms with Crippen LogP contribution in [-0.2, 0) is 4.79 Å². The molecule has 0 rings (SSSR count). The van der Waals surface area contributed by atoms with Crippen molar-refractivity contribution in [3.8, 4) is 0 Å². The van der Waals surface area contributed by atoms with Crippen molar-refractivity contribution in [2.45, 2.75) is 18.6 Å². The van der Waals surface area contributed by atoms with Gasteiger partial charge in [-0.3, -0.25) is 0 Å². The van der Waals surface area contributed by atoms with E-state index in [1.54, 1.807) is 0 Å². The Morgan fingerprint density at radius 1 is 1.50 bits per heavy atom. The minimum atomic E-state index is -1.52. The van der Waals surface area contributed by atoms with Crippen LogP contribution in [0.3, 0.4) is 0 Å². The first kappa shape index (κ1) is 9.35. The second-order valence-electron chi connectivity index (χ2n) is 1.98. The Balaban J connectivity index is 3.56. The quantitative estimate of drug-likeness (QED) is 0.375. The second kappa shape index (κ2) is 4.21. The highest BCUT2D eigenvalue weighted by molar-refractivity contribution is 5.71. The lowest BCUT2D eigenvalue weighted by Crippen LogP contribution is -2.29. The van der Waals surface area contributed by atoms with Gasteiger partial charge < -0.3 is 21.1 Å². The Labute approximate surface area is 58.1 Å². The summed E-state index contributed by atoms with van der Waals surface area (Å²) in [4.78, 5) is 9.95. The van der Waals surface area contributed by atoms with E-state index in [0.717, 1.165) is 0 Å². The van der Waals surface area contributed by atoms with Gasteiger partial charge in [0.25, 0.3) is 0 Å². The third-order valence-electron chi connectivity index (χ3n) is 1.05. The molecule has 0 spiro atoms. The van der Waals surface area contributed by atoms with Crippen molar-refractivity contribution in [2.75, 3.05) is 6.54 Å². The number of aliphatic hydroxyl groups excluding tert-OH is 2. The molecule has 0 saturated heterocycles. The predicted octanol–water partition coefficient (Wildman–Crippen LogP) is -1.86. The molecular formula is C5H11NO4. The van der Waals surface area contributed by atoms with E-state index in [1.165, 1.54) is 0 Å². The topological polar surface area (TPSA) is 104 Å². The summed E-state index contributed by atoms with van der Waals surface area (Å²) >= 11 is 0. The maximum Gasteiger partial charge on any atom is 0.332 e. The lowest BCUT2D eigenvalue weighted by molar-refractivity contribution is -0.148. The van der Waals surface area contributed by atoms with E-state index < -0.39 is 18.2 Å². The monoisotopic (exact) mass is 149 g/mol. The smallest absolute Gasteiger partial charge is 0.332 e. The average molecular weight is 149 g/mol. The van der Waals surface area contributed by atoms with Gasteiger partial charge in [0.1, 0.15) is 0 Å². The summed E-state index contributed by atoms with van der Waals surface area (Å²) in [6, 6.07) is 0. The first-order chi connectivity index (χ1) is 4.57.